The van der Waals surface area contributed by atoms with Crippen molar-refractivity contribution in [3.05, 3.63) is 54.2 Å². The summed E-state index contributed by atoms with van der Waals surface area (Å²) in [5, 5.41) is 2.92. The summed E-state index contributed by atoms with van der Waals surface area (Å²) in [7, 11) is 0. The zero-order chi connectivity index (χ0) is 16.6. The lowest BCUT2D eigenvalue weighted by molar-refractivity contribution is -0.121. The average Bonchev–Trinajstić information content (AvgIpc) is 3.14. The van der Waals surface area contributed by atoms with Crippen molar-refractivity contribution in [2.24, 2.45) is 0 Å². The molecule has 1 fully saturated rings. The van der Waals surface area contributed by atoms with Crippen molar-refractivity contribution >= 4 is 5.91 Å². The van der Waals surface area contributed by atoms with Crippen LogP contribution < -0.4 is 10.1 Å². The zero-order valence-electron chi connectivity index (χ0n) is 13.6. The fourth-order valence-electron chi connectivity index (χ4n) is 2.64. The molecule has 3 rings (SSSR count). The molecule has 1 aromatic heterocycles. The van der Waals surface area contributed by atoms with Gasteiger partial charge in [0.05, 0.1) is 6.10 Å². The lowest BCUT2D eigenvalue weighted by Crippen LogP contribution is -2.23. The van der Waals surface area contributed by atoms with E-state index in [2.05, 4.69) is 10.3 Å². The van der Waals surface area contributed by atoms with E-state index in [1.54, 1.807) is 12.3 Å². The molecule has 0 saturated carbocycles. The Morgan fingerprint density at radius 2 is 2.12 bits per heavy atom. The molecule has 0 bridgehead atoms. The van der Waals surface area contributed by atoms with Crippen LogP contribution in [0.1, 0.15) is 31.2 Å². The Hall–Kier alpha value is -2.40. The molecule has 0 aliphatic carbocycles. The second kappa shape index (κ2) is 8.45. The Morgan fingerprint density at radius 3 is 2.83 bits per heavy atom. The van der Waals surface area contributed by atoms with Crippen molar-refractivity contribution in [2.45, 2.75) is 38.3 Å². The van der Waals surface area contributed by atoms with Crippen LogP contribution in [0.15, 0.2) is 48.7 Å². The first-order chi connectivity index (χ1) is 11.8. The summed E-state index contributed by atoms with van der Waals surface area (Å²) in [6.45, 7) is 1.30. The number of carbonyl (C=O) groups is 1. The molecule has 0 unspecified atom stereocenters. The summed E-state index contributed by atoms with van der Waals surface area (Å²) < 4.78 is 11.2. The van der Waals surface area contributed by atoms with Crippen LogP contribution in [0, 0.1) is 0 Å². The van der Waals surface area contributed by atoms with Crippen molar-refractivity contribution in [2.75, 3.05) is 6.61 Å². The van der Waals surface area contributed by atoms with Gasteiger partial charge < -0.3 is 14.8 Å². The van der Waals surface area contributed by atoms with Gasteiger partial charge in [-0.25, -0.2) is 4.98 Å². The number of para-hydroxylation sites is 1. The van der Waals surface area contributed by atoms with Crippen LogP contribution in [-0.2, 0) is 16.1 Å². The van der Waals surface area contributed by atoms with E-state index in [4.69, 9.17) is 9.47 Å². The zero-order valence-corrected chi connectivity index (χ0v) is 13.6. The Bertz CT molecular complexity index is 637. The van der Waals surface area contributed by atoms with E-state index in [-0.39, 0.29) is 12.0 Å². The van der Waals surface area contributed by atoms with Crippen LogP contribution in [0.3, 0.4) is 0 Å². The Kier molecular flexibility index (Phi) is 5.80. The second-order valence-corrected chi connectivity index (χ2v) is 5.87. The number of rotatable bonds is 7. The third kappa shape index (κ3) is 5.06. The quantitative estimate of drug-likeness (QED) is 0.846. The Balaban J connectivity index is 1.41. The first-order valence-electron chi connectivity index (χ1n) is 8.36. The predicted molar refractivity (Wildman–Crippen MR) is 90.8 cm³/mol. The normalized spacial score (nSPS) is 16.8. The first-order valence-corrected chi connectivity index (χ1v) is 8.36. The van der Waals surface area contributed by atoms with Crippen molar-refractivity contribution in [1.82, 2.24) is 10.3 Å². The number of nitrogens with zero attached hydrogens (tertiary/aromatic N) is 1. The second-order valence-electron chi connectivity index (χ2n) is 5.87. The minimum Gasteiger partial charge on any atom is -0.439 e. The van der Waals surface area contributed by atoms with E-state index in [0.717, 1.165) is 37.2 Å². The minimum absolute atomic E-state index is 0.0510. The van der Waals surface area contributed by atoms with E-state index in [1.807, 2.05) is 36.4 Å². The summed E-state index contributed by atoms with van der Waals surface area (Å²) in [6, 6.07) is 13.2. The molecule has 1 N–H and O–H groups in total. The smallest absolute Gasteiger partial charge is 0.220 e. The van der Waals surface area contributed by atoms with Crippen LogP contribution in [0.2, 0.25) is 0 Å². The van der Waals surface area contributed by atoms with Crippen LogP contribution in [0.5, 0.6) is 11.6 Å². The number of aromatic nitrogens is 1. The summed E-state index contributed by atoms with van der Waals surface area (Å²) in [4.78, 5) is 16.1. The Morgan fingerprint density at radius 1 is 1.25 bits per heavy atom. The fourth-order valence-corrected chi connectivity index (χ4v) is 2.64. The van der Waals surface area contributed by atoms with Gasteiger partial charge in [0.2, 0.25) is 11.8 Å². The van der Waals surface area contributed by atoms with Gasteiger partial charge >= 0.3 is 0 Å². The molecule has 0 radical (unpaired) electrons. The molecule has 5 nitrogen and oxygen atoms in total. The van der Waals surface area contributed by atoms with Crippen molar-refractivity contribution in [1.29, 1.82) is 0 Å². The maximum Gasteiger partial charge on any atom is 0.220 e. The fraction of sp³-hybridized carbons (Fsp3) is 0.368. The van der Waals surface area contributed by atoms with Gasteiger partial charge in [0, 0.05) is 31.8 Å². The molecule has 1 atom stereocenters. The van der Waals surface area contributed by atoms with Crippen molar-refractivity contribution in [3.63, 3.8) is 0 Å². The number of ether oxygens (including phenoxy) is 2. The summed E-state index contributed by atoms with van der Waals surface area (Å²) in [5.41, 5.74) is 0.945. The van der Waals surface area contributed by atoms with Gasteiger partial charge in [-0.1, -0.05) is 24.3 Å². The molecule has 24 heavy (non-hydrogen) atoms. The van der Waals surface area contributed by atoms with Crippen LogP contribution >= 0.6 is 0 Å². The van der Waals surface area contributed by atoms with Crippen LogP contribution in [0.25, 0.3) is 0 Å². The number of carbonyl (C=O) groups excluding carboxylic acids is 1. The van der Waals surface area contributed by atoms with Gasteiger partial charge in [0.15, 0.2) is 0 Å². The van der Waals surface area contributed by atoms with Crippen LogP contribution in [-0.4, -0.2) is 23.6 Å². The highest BCUT2D eigenvalue weighted by Crippen LogP contribution is 2.19. The maximum absolute atomic E-state index is 11.9. The van der Waals surface area contributed by atoms with Gasteiger partial charge in [0.1, 0.15) is 5.75 Å². The SMILES string of the molecule is O=C(CC[C@@H]1CCCO1)NCc1ccc(Oc2ccccc2)nc1. The van der Waals surface area contributed by atoms with Crippen molar-refractivity contribution in [3.8, 4) is 11.6 Å². The third-order valence-electron chi connectivity index (χ3n) is 3.97. The topological polar surface area (TPSA) is 60.5 Å². The van der Waals surface area contributed by atoms with E-state index >= 15 is 0 Å². The summed E-state index contributed by atoms with van der Waals surface area (Å²) >= 11 is 0. The highest BCUT2D eigenvalue weighted by Gasteiger charge is 2.16. The molecule has 1 aliphatic heterocycles. The predicted octanol–water partition coefficient (Wildman–Crippen LogP) is 3.45. The molecule has 2 aromatic rings. The average molecular weight is 326 g/mol. The number of hydrogen-bond acceptors (Lipinski definition) is 4. The van der Waals surface area contributed by atoms with Gasteiger partial charge in [-0.05, 0) is 37.0 Å². The van der Waals surface area contributed by atoms with Gasteiger partial charge in [-0.15, -0.1) is 0 Å². The molecule has 126 valence electrons. The molecule has 1 saturated heterocycles. The monoisotopic (exact) mass is 326 g/mol. The molecule has 0 spiro atoms. The van der Waals surface area contributed by atoms with Gasteiger partial charge in [0.25, 0.3) is 0 Å². The van der Waals surface area contributed by atoms with E-state index in [9.17, 15) is 4.79 Å². The largest absolute Gasteiger partial charge is 0.439 e. The number of amides is 1. The van der Waals surface area contributed by atoms with E-state index in [1.165, 1.54) is 0 Å². The first kappa shape index (κ1) is 16.5. The summed E-state index contributed by atoms with van der Waals surface area (Å²) in [5.74, 6) is 1.34. The van der Waals surface area contributed by atoms with Gasteiger partial charge in [-0.2, -0.15) is 0 Å². The standard InChI is InChI=1S/C19H22N2O3/c22-18(10-9-16-7-4-12-23-16)20-13-15-8-11-19(21-14-15)24-17-5-2-1-3-6-17/h1-3,5-6,8,11,14,16H,4,7,9-10,12-13H2,(H,20,22)/t16-/m0/s1. The van der Waals surface area contributed by atoms with Gasteiger partial charge in [-0.3, -0.25) is 4.79 Å². The molecule has 1 aromatic carbocycles. The highest BCUT2D eigenvalue weighted by atomic mass is 16.5. The molecular formula is C19H22N2O3. The third-order valence-corrected chi connectivity index (χ3v) is 3.97. The van der Waals surface area contributed by atoms with Crippen molar-refractivity contribution < 1.29 is 14.3 Å². The number of hydrogen-bond donors (Lipinski definition) is 1. The lowest BCUT2D eigenvalue weighted by atomic mass is 10.1. The highest BCUT2D eigenvalue weighted by molar-refractivity contribution is 5.75. The number of nitrogens with one attached hydrogen (secondary N) is 1. The number of benzene rings is 1. The number of pyridine rings is 1. The molecule has 1 aliphatic rings. The minimum atomic E-state index is 0.0510. The molecular weight excluding hydrogens is 304 g/mol. The molecule has 1 amide bonds. The Labute approximate surface area is 142 Å². The molecule has 2 heterocycles. The van der Waals surface area contributed by atoms with Crippen LogP contribution in [0.4, 0.5) is 0 Å². The maximum atomic E-state index is 11.9. The van der Waals surface area contributed by atoms with E-state index in [0.29, 0.717) is 18.8 Å². The molecule has 5 heteroatoms. The van der Waals surface area contributed by atoms with E-state index < -0.39 is 0 Å². The lowest BCUT2D eigenvalue weighted by Gasteiger charge is -2.09. The summed E-state index contributed by atoms with van der Waals surface area (Å²) in [6.07, 6.45) is 5.46.